The van der Waals surface area contributed by atoms with Gasteiger partial charge in [0.05, 0.1) is 17.7 Å². The van der Waals surface area contributed by atoms with Crippen molar-refractivity contribution in [2.75, 3.05) is 7.11 Å². The van der Waals surface area contributed by atoms with Gasteiger partial charge in [-0.05, 0) is 27.2 Å². The summed E-state index contributed by atoms with van der Waals surface area (Å²) in [5.41, 5.74) is 1.42. The van der Waals surface area contributed by atoms with Gasteiger partial charge in [-0.25, -0.2) is 0 Å². The first kappa shape index (κ1) is 15.0. The molecule has 0 bridgehead atoms. The molecule has 2 unspecified atom stereocenters. The minimum atomic E-state index is -0.173. The highest BCUT2D eigenvalue weighted by Crippen LogP contribution is 2.51. The molecule has 20 heavy (non-hydrogen) atoms. The predicted octanol–water partition coefficient (Wildman–Crippen LogP) is 2.15. The second-order valence-corrected chi connectivity index (χ2v) is 6.46. The number of nitrogens with one attached hydrogen (secondary N) is 1. The number of methoxy groups -OCH3 is 1. The lowest BCUT2D eigenvalue weighted by Gasteiger charge is -2.59. The average Bonchev–Trinajstić information content (AvgIpc) is 2.69. The number of aromatic nitrogens is 1. The van der Waals surface area contributed by atoms with E-state index in [1.54, 1.807) is 7.11 Å². The highest BCUT2D eigenvalue weighted by atomic mass is 16.5. The van der Waals surface area contributed by atoms with Crippen LogP contribution >= 0.6 is 0 Å². The van der Waals surface area contributed by atoms with Gasteiger partial charge >= 0.3 is 0 Å². The van der Waals surface area contributed by atoms with Crippen LogP contribution in [0, 0.1) is 19.3 Å². The summed E-state index contributed by atoms with van der Waals surface area (Å²) in [6.07, 6.45) is 1.15. The molecule has 0 spiro atoms. The Labute approximate surface area is 120 Å². The second-order valence-electron chi connectivity index (χ2n) is 6.46. The molecule has 1 aromatic heterocycles. The molecule has 1 aliphatic carbocycles. The molecule has 5 nitrogen and oxygen atoms in total. The van der Waals surface area contributed by atoms with Gasteiger partial charge in [0.25, 0.3) is 0 Å². The van der Waals surface area contributed by atoms with E-state index in [1.165, 1.54) is 0 Å². The van der Waals surface area contributed by atoms with Crippen LogP contribution in [0.1, 0.15) is 44.2 Å². The monoisotopic (exact) mass is 280 g/mol. The summed E-state index contributed by atoms with van der Waals surface area (Å²) < 4.78 is 10.7. The van der Waals surface area contributed by atoms with Crippen molar-refractivity contribution in [3.63, 3.8) is 0 Å². The van der Waals surface area contributed by atoms with Gasteiger partial charge in [-0.15, -0.1) is 0 Å². The van der Waals surface area contributed by atoms with Crippen molar-refractivity contribution in [3.8, 4) is 0 Å². The molecule has 0 aromatic carbocycles. The van der Waals surface area contributed by atoms with E-state index in [9.17, 15) is 4.79 Å². The van der Waals surface area contributed by atoms with E-state index >= 15 is 0 Å². The number of carbonyl (C=O) groups is 1. The number of nitrogens with zero attached hydrogens (tertiary/aromatic N) is 1. The van der Waals surface area contributed by atoms with Crippen LogP contribution in [0.4, 0.5) is 0 Å². The molecule has 2 rings (SSSR count). The fraction of sp³-hybridized carbons (Fsp3) is 0.733. The van der Waals surface area contributed by atoms with E-state index in [1.807, 2.05) is 13.8 Å². The van der Waals surface area contributed by atoms with E-state index in [0.29, 0.717) is 12.2 Å². The first-order valence-corrected chi connectivity index (χ1v) is 6.97. The van der Waals surface area contributed by atoms with Crippen molar-refractivity contribution in [3.05, 3.63) is 17.0 Å². The summed E-state index contributed by atoms with van der Waals surface area (Å²) in [5, 5.41) is 6.97. The highest BCUT2D eigenvalue weighted by Gasteiger charge is 2.58. The Hall–Kier alpha value is -1.36. The normalized spacial score (nSPS) is 28.0. The Morgan fingerprint density at radius 3 is 2.55 bits per heavy atom. The van der Waals surface area contributed by atoms with Crippen LogP contribution in [0.5, 0.6) is 0 Å². The van der Waals surface area contributed by atoms with Crippen LogP contribution in [0.25, 0.3) is 0 Å². The average molecular weight is 280 g/mol. The zero-order valence-electron chi connectivity index (χ0n) is 13.2. The first-order valence-electron chi connectivity index (χ1n) is 6.97. The third kappa shape index (κ3) is 2.24. The maximum atomic E-state index is 12.2. The number of amides is 1. The summed E-state index contributed by atoms with van der Waals surface area (Å²) in [7, 11) is 1.73. The summed E-state index contributed by atoms with van der Waals surface area (Å²) in [4.78, 5) is 12.2. The molecule has 0 saturated heterocycles. The molecule has 1 saturated carbocycles. The summed E-state index contributed by atoms with van der Waals surface area (Å²) in [6.45, 7) is 10.0. The zero-order valence-corrected chi connectivity index (χ0v) is 13.2. The first-order chi connectivity index (χ1) is 9.21. The topological polar surface area (TPSA) is 64.4 Å². The Morgan fingerprint density at radius 2 is 2.10 bits per heavy atom. The maximum absolute atomic E-state index is 12.2. The lowest BCUT2D eigenvalue weighted by Crippen LogP contribution is -2.68. The van der Waals surface area contributed by atoms with Gasteiger partial charge in [-0.2, -0.15) is 0 Å². The minimum absolute atomic E-state index is 0.00984. The van der Waals surface area contributed by atoms with Crippen LogP contribution in [-0.2, 0) is 16.0 Å². The molecule has 1 aromatic rings. The maximum Gasteiger partial charge on any atom is 0.224 e. The molecule has 1 fully saturated rings. The molecule has 5 heteroatoms. The molecule has 1 aliphatic rings. The summed E-state index contributed by atoms with van der Waals surface area (Å²) in [6, 6.07) is 0.139. The van der Waals surface area contributed by atoms with Crippen LogP contribution in [0.3, 0.4) is 0 Å². The van der Waals surface area contributed by atoms with E-state index in [4.69, 9.17) is 9.26 Å². The fourth-order valence-electron chi connectivity index (χ4n) is 2.88. The summed E-state index contributed by atoms with van der Waals surface area (Å²) in [5.74, 6) is 0.725. The zero-order chi connectivity index (χ0) is 15.1. The summed E-state index contributed by atoms with van der Waals surface area (Å²) >= 11 is 0. The molecule has 1 heterocycles. The third-order valence-electron chi connectivity index (χ3n) is 5.13. The second kappa shape index (κ2) is 4.88. The lowest BCUT2D eigenvalue weighted by atomic mass is 9.56. The standard InChI is InChI=1S/C15H24N2O3/c1-9-11(10(2)20-17-9)7-13(18)16-12-8-15(5,19-6)14(12,3)4/h12H,7-8H2,1-6H3,(H,16,18). The lowest BCUT2D eigenvalue weighted by molar-refractivity contribution is -0.182. The Bertz CT molecular complexity index is 502. The van der Waals surface area contributed by atoms with Crippen molar-refractivity contribution in [1.29, 1.82) is 0 Å². The van der Waals surface area contributed by atoms with E-state index in [0.717, 1.165) is 17.7 Å². The molecular formula is C15H24N2O3. The molecule has 2 atom stereocenters. The number of carbonyl (C=O) groups excluding carboxylic acids is 1. The number of hydrogen-bond donors (Lipinski definition) is 1. The van der Waals surface area contributed by atoms with Crippen LogP contribution in [-0.4, -0.2) is 29.8 Å². The number of rotatable bonds is 4. The largest absolute Gasteiger partial charge is 0.378 e. The smallest absolute Gasteiger partial charge is 0.224 e. The SMILES string of the molecule is COC1(C)CC(NC(=O)Cc2c(C)noc2C)C1(C)C. The Kier molecular flexibility index (Phi) is 3.67. The minimum Gasteiger partial charge on any atom is -0.378 e. The Morgan fingerprint density at radius 1 is 1.45 bits per heavy atom. The molecule has 112 valence electrons. The molecule has 1 N–H and O–H groups in total. The fourth-order valence-corrected chi connectivity index (χ4v) is 2.88. The van der Waals surface area contributed by atoms with Crippen molar-refractivity contribution in [2.45, 2.75) is 59.1 Å². The predicted molar refractivity (Wildman–Crippen MR) is 75.4 cm³/mol. The van der Waals surface area contributed by atoms with Gasteiger partial charge in [-0.3, -0.25) is 4.79 Å². The Balaban J connectivity index is 1.98. The van der Waals surface area contributed by atoms with Gasteiger partial charge in [-0.1, -0.05) is 19.0 Å². The molecular weight excluding hydrogens is 256 g/mol. The molecule has 1 amide bonds. The number of aryl methyl sites for hydroxylation is 2. The molecule has 0 radical (unpaired) electrons. The van der Waals surface area contributed by atoms with Gasteiger partial charge in [0.2, 0.25) is 5.91 Å². The number of ether oxygens (including phenoxy) is 1. The van der Waals surface area contributed by atoms with Crippen LogP contribution < -0.4 is 5.32 Å². The quantitative estimate of drug-likeness (QED) is 0.918. The van der Waals surface area contributed by atoms with Gasteiger partial charge in [0.15, 0.2) is 0 Å². The van der Waals surface area contributed by atoms with Crippen molar-refractivity contribution in [1.82, 2.24) is 10.5 Å². The molecule has 0 aliphatic heterocycles. The van der Waals surface area contributed by atoms with Crippen LogP contribution in [0.2, 0.25) is 0 Å². The number of hydrogen-bond acceptors (Lipinski definition) is 4. The van der Waals surface area contributed by atoms with Gasteiger partial charge in [0.1, 0.15) is 5.76 Å². The van der Waals surface area contributed by atoms with E-state index < -0.39 is 0 Å². The van der Waals surface area contributed by atoms with E-state index in [2.05, 4.69) is 31.2 Å². The van der Waals surface area contributed by atoms with Gasteiger partial charge < -0.3 is 14.6 Å². The third-order valence-corrected chi connectivity index (χ3v) is 5.13. The van der Waals surface area contributed by atoms with Crippen molar-refractivity contribution < 1.29 is 14.1 Å². The van der Waals surface area contributed by atoms with Crippen molar-refractivity contribution >= 4 is 5.91 Å². The highest BCUT2D eigenvalue weighted by molar-refractivity contribution is 5.79. The van der Waals surface area contributed by atoms with Crippen molar-refractivity contribution in [2.24, 2.45) is 5.41 Å². The van der Waals surface area contributed by atoms with Gasteiger partial charge in [0, 0.05) is 24.1 Å². The van der Waals surface area contributed by atoms with E-state index in [-0.39, 0.29) is 23.0 Å². The van der Waals surface area contributed by atoms with Crippen LogP contribution in [0.15, 0.2) is 4.52 Å².